The second-order valence-electron chi connectivity index (χ2n) is 13.1. The summed E-state index contributed by atoms with van der Waals surface area (Å²) in [6, 6.07) is 23.3. The summed E-state index contributed by atoms with van der Waals surface area (Å²) in [4.78, 5) is 20.5. The van der Waals surface area contributed by atoms with Gasteiger partial charge in [0.05, 0.1) is 5.76 Å². The van der Waals surface area contributed by atoms with Crippen molar-refractivity contribution >= 4 is 49.3 Å². The summed E-state index contributed by atoms with van der Waals surface area (Å²) in [5.41, 5.74) is 3.62. The van der Waals surface area contributed by atoms with E-state index in [-0.39, 0.29) is 43.5 Å². The Kier molecular flexibility index (Phi) is 14.0. The quantitative estimate of drug-likeness (QED) is 0.0866. The minimum atomic E-state index is 0. The van der Waals surface area contributed by atoms with Gasteiger partial charge < -0.3 is 5.11 Å². The van der Waals surface area contributed by atoms with E-state index >= 15 is 0 Å². The molecule has 0 aliphatic rings. The van der Waals surface area contributed by atoms with Crippen LogP contribution in [-0.4, -0.2) is 15.9 Å². The molecule has 1 N–H and O–H groups in total. The Bertz CT molecular complexity index is 1770. The van der Waals surface area contributed by atoms with Gasteiger partial charge in [-0.2, -0.15) is 11.3 Å². The van der Waals surface area contributed by atoms with Crippen molar-refractivity contribution in [3.63, 3.8) is 0 Å². The average molecular weight is 831 g/mol. The third-order valence-corrected chi connectivity index (χ3v) is 10.5. The Morgan fingerprint density at radius 2 is 1.59 bits per heavy atom. The van der Waals surface area contributed by atoms with Crippen LogP contribution in [-0.2, 0) is 31.3 Å². The Morgan fingerprint density at radius 3 is 2.24 bits per heavy atom. The Labute approximate surface area is 297 Å². The number of ketones is 1. The van der Waals surface area contributed by atoms with Gasteiger partial charge >= 0.3 is 0 Å². The van der Waals surface area contributed by atoms with Gasteiger partial charge in [0.2, 0.25) is 0 Å². The molecule has 0 amide bonds. The number of aryl methyl sites for hydroxylation is 1. The summed E-state index contributed by atoms with van der Waals surface area (Å²) < 4.78 is 1.33. The molecule has 2 aromatic carbocycles. The van der Waals surface area contributed by atoms with Crippen molar-refractivity contribution in [1.82, 2.24) is 4.98 Å². The summed E-state index contributed by atoms with van der Waals surface area (Å²) >= 11 is 3.74. The van der Waals surface area contributed by atoms with Crippen LogP contribution in [0.25, 0.3) is 42.6 Å². The molecule has 247 valence electrons. The molecule has 0 bridgehead atoms. The molecule has 0 spiro atoms. The van der Waals surface area contributed by atoms with Crippen LogP contribution < -0.4 is 0 Å². The van der Waals surface area contributed by atoms with Crippen LogP contribution >= 0.6 is 22.7 Å². The smallest absolute Gasteiger partial charge is 0.162 e. The number of hydrogen-bond donors (Lipinski definition) is 1. The van der Waals surface area contributed by atoms with Gasteiger partial charge in [0.1, 0.15) is 0 Å². The standard InChI is InChI=1S/C27H24NS2.C13H24O2.Ir/c1-17-13-23-22(14-18-7-5-6-8-21(18)26(23)29-17)24-15-19(11-12-28-24)25-10-9-20(30-25)16-27(2,3)4;1-5-10(6-2)12(14)9-13(15)11(7-3)8-4;/h5-13,15H,16H2,1-4H3;9-11,14H,5-8H2,1-4H3;/q-1;;/b;12-9-;. The van der Waals surface area contributed by atoms with Gasteiger partial charge in [0.25, 0.3) is 0 Å². The molecular formula is C40H48IrNO2S2-. The first-order valence-corrected chi connectivity index (χ1v) is 17.9. The summed E-state index contributed by atoms with van der Waals surface area (Å²) in [6.45, 7) is 17.1. The van der Waals surface area contributed by atoms with Gasteiger partial charge in [-0.25, -0.2) is 0 Å². The molecule has 6 heteroatoms. The zero-order chi connectivity index (χ0) is 32.7. The van der Waals surface area contributed by atoms with Crippen LogP contribution in [0, 0.1) is 30.2 Å². The van der Waals surface area contributed by atoms with Crippen LogP contribution in [0.15, 0.2) is 72.6 Å². The number of allylic oxidation sites excluding steroid dienone is 2. The van der Waals surface area contributed by atoms with E-state index in [0.29, 0.717) is 5.41 Å². The zero-order valence-electron chi connectivity index (χ0n) is 28.5. The van der Waals surface area contributed by atoms with E-state index in [4.69, 9.17) is 4.98 Å². The Balaban J connectivity index is 0.000000309. The van der Waals surface area contributed by atoms with E-state index in [9.17, 15) is 9.90 Å². The number of thiophene rings is 2. The van der Waals surface area contributed by atoms with Crippen molar-refractivity contribution in [2.75, 3.05) is 0 Å². The molecular weight excluding hydrogens is 783 g/mol. The van der Waals surface area contributed by atoms with Crippen molar-refractivity contribution in [1.29, 1.82) is 0 Å². The molecule has 0 saturated carbocycles. The molecule has 3 nitrogen and oxygen atoms in total. The van der Waals surface area contributed by atoms with E-state index in [1.165, 1.54) is 41.7 Å². The van der Waals surface area contributed by atoms with E-state index in [2.05, 4.69) is 88.4 Å². The van der Waals surface area contributed by atoms with Gasteiger partial charge in [-0.05, 0) is 77.8 Å². The minimum Gasteiger partial charge on any atom is -0.512 e. The van der Waals surface area contributed by atoms with Crippen LogP contribution in [0.4, 0.5) is 0 Å². The largest absolute Gasteiger partial charge is 0.512 e. The first-order valence-electron chi connectivity index (χ1n) is 16.3. The number of aliphatic hydroxyl groups excluding tert-OH is 1. The SMILES string of the molecule is CCC(CC)C(=O)/C=C(\O)C(CC)CC.Cc1cc2c(-c3cc(-c4ccc(CC(C)(C)C)s4)ccn3)[c-]c3ccccc3c2s1.[Ir]. The maximum atomic E-state index is 11.7. The fraction of sp³-hybridized carbons (Fsp3) is 0.400. The van der Waals surface area contributed by atoms with Gasteiger partial charge in [0.15, 0.2) is 5.78 Å². The van der Waals surface area contributed by atoms with Crippen molar-refractivity contribution in [3.8, 4) is 21.7 Å². The van der Waals surface area contributed by atoms with Crippen LogP contribution in [0.3, 0.4) is 0 Å². The van der Waals surface area contributed by atoms with Gasteiger partial charge in [-0.3, -0.25) is 9.78 Å². The molecule has 3 heterocycles. The summed E-state index contributed by atoms with van der Waals surface area (Å²) in [5, 5.41) is 13.4. The van der Waals surface area contributed by atoms with E-state index < -0.39 is 0 Å². The second kappa shape index (κ2) is 17.0. The topological polar surface area (TPSA) is 50.2 Å². The zero-order valence-corrected chi connectivity index (χ0v) is 32.5. The molecule has 0 unspecified atom stereocenters. The van der Waals surface area contributed by atoms with E-state index in [0.717, 1.165) is 48.7 Å². The number of carbonyl (C=O) groups is 1. The van der Waals surface area contributed by atoms with E-state index in [1.807, 2.05) is 56.6 Å². The normalized spacial score (nSPS) is 12.0. The van der Waals surface area contributed by atoms with Crippen molar-refractivity contribution < 1.29 is 30.0 Å². The molecule has 0 aliphatic heterocycles. The first kappa shape index (κ1) is 37.8. The Morgan fingerprint density at radius 1 is 0.913 bits per heavy atom. The molecule has 46 heavy (non-hydrogen) atoms. The summed E-state index contributed by atoms with van der Waals surface area (Å²) in [7, 11) is 0. The van der Waals surface area contributed by atoms with Gasteiger partial charge in [-0.15, -0.1) is 28.9 Å². The number of fused-ring (bicyclic) bond motifs is 3. The molecule has 5 rings (SSSR count). The first-order chi connectivity index (χ1) is 21.5. The van der Waals surface area contributed by atoms with Crippen molar-refractivity contribution in [2.24, 2.45) is 17.3 Å². The number of rotatable bonds is 10. The fourth-order valence-electron chi connectivity index (χ4n) is 5.74. The monoisotopic (exact) mass is 831 g/mol. The van der Waals surface area contributed by atoms with Crippen LogP contribution in [0.5, 0.6) is 0 Å². The predicted octanol–water partition coefficient (Wildman–Crippen LogP) is 12.4. The number of carbonyl (C=O) groups excluding carboxylic acids is 1. The molecule has 0 saturated heterocycles. The van der Waals surface area contributed by atoms with E-state index in [1.54, 1.807) is 0 Å². The molecule has 0 fully saturated rings. The number of benzene rings is 2. The third-order valence-electron chi connectivity index (χ3n) is 8.30. The van der Waals surface area contributed by atoms with Crippen LogP contribution in [0.2, 0.25) is 0 Å². The van der Waals surface area contributed by atoms with Crippen molar-refractivity contribution in [2.45, 2.75) is 87.5 Å². The number of pyridine rings is 1. The summed E-state index contributed by atoms with van der Waals surface area (Å²) in [6.07, 6.45) is 7.94. The molecule has 5 aromatic rings. The third kappa shape index (κ3) is 9.47. The Hall–Kier alpha value is -2.63. The molecule has 0 atom stereocenters. The number of aromatic nitrogens is 1. The maximum Gasteiger partial charge on any atom is 0.162 e. The molecule has 3 aromatic heterocycles. The van der Waals surface area contributed by atoms with Gasteiger partial charge in [0, 0.05) is 59.7 Å². The fourth-order valence-corrected chi connectivity index (χ4v) is 8.11. The molecule has 0 aliphatic carbocycles. The number of nitrogens with zero attached hydrogens (tertiary/aromatic N) is 1. The number of hydrogen-bond acceptors (Lipinski definition) is 5. The second-order valence-corrected chi connectivity index (χ2v) is 15.5. The maximum absolute atomic E-state index is 11.7. The molecule has 1 radical (unpaired) electrons. The minimum absolute atomic E-state index is 0. The summed E-state index contributed by atoms with van der Waals surface area (Å²) in [5.74, 6) is 0.547. The van der Waals surface area contributed by atoms with Gasteiger partial charge in [-0.1, -0.05) is 95.1 Å². The average Bonchev–Trinajstić information content (AvgIpc) is 3.64. The number of aliphatic hydroxyl groups is 1. The van der Waals surface area contributed by atoms with Crippen LogP contribution in [0.1, 0.15) is 83.9 Å². The predicted molar refractivity (Wildman–Crippen MR) is 196 cm³/mol. The van der Waals surface area contributed by atoms with Crippen molar-refractivity contribution in [3.05, 3.63) is 88.4 Å².